The highest BCUT2D eigenvalue weighted by atomic mass is 32.1. The first-order valence-electron chi connectivity index (χ1n) is 7.16. The largest absolute Gasteiger partial charge is 0.297 e. The average molecular weight is 307 g/mol. The lowest BCUT2D eigenvalue weighted by atomic mass is 10.1. The Morgan fingerprint density at radius 2 is 2.00 bits per heavy atom. The number of nitrogens with zero attached hydrogens (tertiary/aromatic N) is 4. The lowest BCUT2D eigenvalue weighted by Gasteiger charge is -2.13. The van der Waals surface area contributed by atoms with E-state index >= 15 is 0 Å². The topological polar surface area (TPSA) is 68.5 Å². The highest BCUT2D eigenvalue weighted by Crippen LogP contribution is 2.20. The van der Waals surface area contributed by atoms with Gasteiger partial charge in [0.15, 0.2) is 10.6 Å². The molecule has 114 valence electrons. The van der Waals surface area contributed by atoms with Crippen LogP contribution in [0.4, 0.5) is 0 Å². The fourth-order valence-electron chi connectivity index (χ4n) is 2.19. The van der Waals surface area contributed by atoms with Crippen LogP contribution in [0.2, 0.25) is 0 Å². The van der Waals surface area contributed by atoms with Gasteiger partial charge >= 0.3 is 0 Å². The van der Waals surface area contributed by atoms with Crippen molar-refractivity contribution in [2.45, 2.75) is 53.1 Å². The Kier molecular flexibility index (Phi) is 4.41. The van der Waals surface area contributed by atoms with Crippen molar-refractivity contribution < 1.29 is 0 Å². The van der Waals surface area contributed by atoms with Crippen molar-refractivity contribution >= 4 is 12.2 Å². The second kappa shape index (κ2) is 5.93. The van der Waals surface area contributed by atoms with Gasteiger partial charge < -0.3 is 0 Å². The highest BCUT2D eigenvalue weighted by molar-refractivity contribution is 7.71. The molecule has 0 amide bonds. The fraction of sp³-hybridized carbons (Fsp3) is 0.571. The number of hydrogen-bond acceptors (Lipinski definition) is 4. The molecule has 2 rings (SSSR count). The van der Waals surface area contributed by atoms with E-state index in [0.717, 1.165) is 5.69 Å². The summed E-state index contributed by atoms with van der Waals surface area (Å²) in [6, 6.07) is 1.94. The minimum absolute atomic E-state index is 0.122. The zero-order valence-corrected chi connectivity index (χ0v) is 13.9. The summed E-state index contributed by atoms with van der Waals surface area (Å²) in [6.07, 6.45) is 0. The maximum atomic E-state index is 12.6. The predicted octanol–water partition coefficient (Wildman–Crippen LogP) is 2.89. The molecular weight excluding hydrogens is 286 g/mol. The molecule has 1 N–H and O–H groups in total. The lowest BCUT2D eigenvalue weighted by molar-refractivity contribution is 0.577. The summed E-state index contributed by atoms with van der Waals surface area (Å²) in [5.74, 6) is 0.808. The molecule has 6 nitrogen and oxygen atoms in total. The lowest BCUT2D eigenvalue weighted by Crippen LogP contribution is -2.26. The molecule has 0 saturated heterocycles. The minimum Gasteiger partial charge on any atom is -0.297 e. The number of rotatable bonds is 4. The van der Waals surface area contributed by atoms with Gasteiger partial charge in [-0.25, -0.2) is 4.68 Å². The molecule has 0 aliphatic rings. The highest BCUT2D eigenvalue weighted by Gasteiger charge is 2.18. The van der Waals surface area contributed by atoms with Crippen molar-refractivity contribution in [3.63, 3.8) is 0 Å². The first-order chi connectivity index (χ1) is 9.86. The number of aromatic amines is 1. The van der Waals surface area contributed by atoms with Gasteiger partial charge in [-0.1, -0.05) is 13.8 Å². The van der Waals surface area contributed by atoms with Crippen molar-refractivity contribution in [3.8, 4) is 11.4 Å². The number of aromatic nitrogens is 5. The zero-order valence-electron chi connectivity index (χ0n) is 13.0. The third-order valence-corrected chi connectivity index (χ3v) is 3.63. The second-order valence-corrected chi connectivity index (χ2v) is 5.96. The van der Waals surface area contributed by atoms with Crippen LogP contribution in [-0.2, 0) is 6.54 Å². The quantitative estimate of drug-likeness (QED) is 0.882. The summed E-state index contributed by atoms with van der Waals surface area (Å²) in [5, 5.41) is 11.4. The molecule has 0 saturated carbocycles. The molecule has 0 bridgehead atoms. The van der Waals surface area contributed by atoms with Crippen molar-refractivity contribution in [2.75, 3.05) is 0 Å². The molecule has 0 aliphatic heterocycles. The number of H-pyrrole nitrogens is 1. The van der Waals surface area contributed by atoms with Gasteiger partial charge in [0.1, 0.15) is 0 Å². The Bertz CT molecular complexity index is 753. The van der Waals surface area contributed by atoms with Crippen LogP contribution in [0.1, 0.15) is 52.3 Å². The summed E-state index contributed by atoms with van der Waals surface area (Å²) in [5.41, 5.74) is 1.27. The molecule has 0 fully saturated rings. The van der Waals surface area contributed by atoms with Gasteiger partial charge in [0.2, 0.25) is 0 Å². The first kappa shape index (κ1) is 15.6. The van der Waals surface area contributed by atoms with E-state index in [-0.39, 0.29) is 17.5 Å². The summed E-state index contributed by atoms with van der Waals surface area (Å²) in [6.45, 7) is 10.6. The monoisotopic (exact) mass is 307 g/mol. The molecule has 0 aliphatic carbocycles. The standard InChI is InChI=1S/C14H21N5OS/c1-6-18-13(20)10(7-11(17-18)8(2)3)12-15-16-14(21)19(12)9(4)5/h7-9H,6H2,1-5H3,(H,16,21). The van der Waals surface area contributed by atoms with E-state index in [0.29, 0.717) is 22.7 Å². The van der Waals surface area contributed by atoms with Crippen LogP contribution >= 0.6 is 12.2 Å². The normalized spacial score (nSPS) is 11.6. The van der Waals surface area contributed by atoms with E-state index in [1.54, 1.807) is 0 Å². The van der Waals surface area contributed by atoms with E-state index in [1.807, 2.05) is 31.4 Å². The Labute approximate surface area is 128 Å². The number of aryl methyl sites for hydroxylation is 1. The summed E-state index contributed by atoms with van der Waals surface area (Å²) in [4.78, 5) is 12.6. The van der Waals surface area contributed by atoms with Gasteiger partial charge in [0, 0.05) is 12.6 Å². The first-order valence-corrected chi connectivity index (χ1v) is 7.57. The Morgan fingerprint density at radius 3 is 2.52 bits per heavy atom. The molecule has 0 atom stereocenters. The third-order valence-electron chi connectivity index (χ3n) is 3.35. The Hall–Kier alpha value is -1.76. The van der Waals surface area contributed by atoms with Crippen LogP contribution in [0.15, 0.2) is 10.9 Å². The van der Waals surface area contributed by atoms with Gasteiger partial charge in [0.05, 0.1) is 11.3 Å². The van der Waals surface area contributed by atoms with Crippen molar-refractivity contribution in [1.29, 1.82) is 0 Å². The van der Waals surface area contributed by atoms with Gasteiger partial charge in [0.25, 0.3) is 5.56 Å². The Morgan fingerprint density at radius 1 is 1.33 bits per heavy atom. The van der Waals surface area contributed by atoms with Crippen LogP contribution in [-0.4, -0.2) is 24.5 Å². The van der Waals surface area contributed by atoms with Crippen LogP contribution in [0.3, 0.4) is 0 Å². The maximum absolute atomic E-state index is 12.6. The van der Waals surface area contributed by atoms with Crippen LogP contribution in [0.5, 0.6) is 0 Å². The van der Waals surface area contributed by atoms with Gasteiger partial charge in [-0.15, -0.1) is 0 Å². The number of hydrogen-bond donors (Lipinski definition) is 1. The summed E-state index contributed by atoms with van der Waals surface area (Å²) < 4.78 is 3.86. The zero-order chi connectivity index (χ0) is 15.7. The molecule has 7 heteroatoms. The second-order valence-electron chi connectivity index (χ2n) is 5.57. The van der Waals surface area contributed by atoms with Crippen LogP contribution < -0.4 is 5.56 Å². The van der Waals surface area contributed by atoms with E-state index < -0.39 is 0 Å². The van der Waals surface area contributed by atoms with Gasteiger partial charge in [-0.2, -0.15) is 10.2 Å². The van der Waals surface area contributed by atoms with E-state index in [1.165, 1.54) is 4.68 Å². The molecule has 0 unspecified atom stereocenters. The molecule has 21 heavy (non-hydrogen) atoms. The van der Waals surface area contributed by atoms with Gasteiger partial charge in [-0.3, -0.25) is 14.5 Å². The summed E-state index contributed by atoms with van der Waals surface area (Å²) in [7, 11) is 0. The van der Waals surface area contributed by atoms with E-state index in [2.05, 4.69) is 29.1 Å². The SMILES string of the molecule is CCn1nc(C(C)C)cc(-c2n[nH]c(=S)n2C(C)C)c1=O. The van der Waals surface area contributed by atoms with E-state index in [4.69, 9.17) is 12.2 Å². The smallest absolute Gasteiger partial charge is 0.277 e. The fourth-order valence-corrected chi connectivity index (χ4v) is 2.54. The molecular formula is C14H21N5OS. The Balaban J connectivity index is 2.78. The van der Waals surface area contributed by atoms with Crippen LogP contribution in [0.25, 0.3) is 11.4 Å². The predicted molar refractivity (Wildman–Crippen MR) is 85.1 cm³/mol. The molecule has 2 heterocycles. The van der Waals surface area contributed by atoms with Crippen molar-refractivity contribution in [1.82, 2.24) is 24.5 Å². The van der Waals surface area contributed by atoms with Gasteiger partial charge in [-0.05, 0) is 45.0 Å². The van der Waals surface area contributed by atoms with Crippen molar-refractivity contribution in [2.24, 2.45) is 0 Å². The molecule has 2 aromatic rings. The number of nitrogens with one attached hydrogen (secondary N) is 1. The maximum Gasteiger partial charge on any atom is 0.277 e. The van der Waals surface area contributed by atoms with Crippen molar-refractivity contribution in [3.05, 3.63) is 26.9 Å². The molecule has 0 spiro atoms. The minimum atomic E-state index is -0.141. The molecule has 2 aromatic heterocycles. The average Bonchev–Trinajstić information content (AvgIpc) is 2.80. The molecule has 0 aromatic carbocycles. The van der Waals surface area contributed by atoms with Crippen LogP contribution in [0, 0.1) is 4.77 Å². The van der Waals surface area contributed by atoms with E-state index in [9.17, 15) is 4.79 Å². The summed E-state index contributed by atoms with van der Waals surface area (Å²) >= 11 is 5.26. The third kappa shape index (κ3) is 2.83. The molecule has 0 radical (unpaired) electrons.